The van der Waals surface area contributed by atoms with Crippen molar-refractivity contribution in [1.82, 2.24) is 5.32 Å². The number of hydrogen-bond acceptors (Lipinski definition) is 5. The first-order valence-electron chi connectivity index (χ1n) is 22.4. The Kier molecular flexibility index (Phi) is 39.3. The second-order valence-corrected chi connectivity index (χ2v) is 15.2. The topological polar surface area (TPSA) is 95.9 Å². The Morgan fingerprint density at radius 1 is 0.566 bits per heavy atom. The summed E-state index contributed by atoms with van der Waals surface area (Å²) in [5, 5.41) is 23.6. The predicted octanol–water partition coefficient (Wildman–Crippen LogP) is 12.7. The molecule has 3 N–H and O–H groups in total. The molecule has 0 aliphatic carbocycles. The number of esters is 1. The summed E-state index contributed by atoms with van der Waals surface area (Å²) in [6, 6.07) is -0.718. The highest BCUT2D eigenvalue weighted by molar-refractivity contribution is 5.77. The van der Waals surface area contributed by atoms with Gasteiger partial charge in [-0.2, -0.15) is 0 Å². The highest BCUT2D eigenvalue weighted by Gasteiger charge is 2.24. The van der Waals surface area contributed by atoms with E-state index in [4.69, 9.17) is 4.74 Å². The van der Waals surface area contributed by atoms with Crippen molar-refractivity contribution in [2.75, 3.05) is 6.61 Å². The van der Waals surface area contributed by atoms with Gasteiger partial charge in [-0.3, -0.25) is 9.59 Å². The summed E-state index contributed by atoms with van der Waals surface area (Å²) in [6.45, 7) is 6.29. The fourth-order valence-electron chi connectivity index (χ4n) is 6.62. The van der Waals surface area contributed by atoms with Crippen LogP contribution in [0.25, 0.3) is 0 Å². The number of allylic oxidation sites excluding steroid dienone is 8. The van der Waals surface area contributed by atoms with Crippen LogP contribution >= 0.6 is 0 Å². The van der Waals surface area contributed by atoms with E-state index in [0.717, 1.165) is 57.8 Å². The van der Waals surface area contributed by atoms with Crippen LogP contribution in [0.2, 0.25) is 0 Å². The molecule has 0 saturated heterocycles. The zero-order valence-electron chi connectivity index (χ0n) is 34.9. The van der Waals surface area contributed by atoms with Gasteiger partial charge >= 0.3 is 5.97 Å². The highest BCUT2D eigenvalue weighted by Crippen LogP contribution is 2.17. The van der Waals surface area contributed by atoms with Crippen molar-refractivity contribution >= 4 is 11.9 Å². The van der Waals surface area contributed by atoms with Crippen LogP contribution in [0.4, 0.5) is 0 Å². The predicted molar refractivity (Wildman–Crippen MR) is 227 cm³/mol. The van der Waals surface area contributed by atoms with E-state index in [2.05, 4.69) is 38.2 Å². The second kappa shape index (κ2) is 41.0. The van der Waals surface area contributed by atoms with Gasteiger partial charge < -0.3 is 20.3 Å². The molecule has 3 atom stereocenters. The quantitative estimate of drug-likeness (QED) is 0.0331. The van der Waals surface area contributed by atoms with Crippen LogP contribution in [-0.4, -0.2) is 46.9 Å². The van der Waals surface area contributed by atoms with Crippen LogP contribution in [0.15, 0.2) is 48.6 Å². The van der Waals surface area contributed by atoms with Crippen LogP contribution in [0.5, 0.6) is 0 Å². The lowest BCUT2D eigenvalue weighted by molar-refractivity contribution is -0.151. The number of carbonyl (C=O) groups is 2. The van der Waals surface area contributed by atoms with Gasteiger partial charge in [0.05, 0.1) is 25.2 Å². The van der Waals surface area contributed by atoms with Gasteiger partial charge in [0.1, 0.15) is 6.10 Å². The summed E-state index contributed by atoms with van der Waals surface area (Å²) in [5.74, 6) is -0.542. The van der Waals surface area contributed by atoms with Gasteiger partial charge in [0.25, 0.3) is 0 Å². The molecule has 6 heteroatoms. The van der Waals surface area contributed by atoms with E-state index in [1.807, 2.05) is 36.5 Å². The highest BCUT2D eigenvalue weighted by atomic mass is 16.5. The third-order valence-corrected chi connectivity index (χ3v) is 10.0. The minimum absolute atomic E-state index is 0.0332. The Morgan fingerprint density at radius 2 is 1.02 bits per heavy atom. The average Bonchev–Trinajstić information content (AvgIpc) is 3.15. The molecule has 53 heavy (non-hydrogen) atoms. The Balaban J connectivity index is 4.66. The van der Waals surface area contributed by atoms with Crippen molar-refractivity contribution in [3.8, 4) is 0 Å². The molecular weight excluding hydrogens is 659 g/mol. The molecule has 0 aliphatic rings. The number of aliphatic hydroxyl groups excluding tert-OH is 2. The van der Waals surface area contributed by atoms with Crippen LogP contribution in [-0.2, 0) is 14.3 Å². The van der Waals surface area contributed by atoms with Gasteiger partial charge in [-0.25, -0.2) is 0 Å². The zero-order valence-corrected chi connectivity index (χ0v) is 34.9. The number of carbonyl (C=O) groups excluding carboxylic acids is 2. The summed E-state index contributed by atoms with van der Waals surface area (Å²) in [6.07, 6.45) is 47.5. The van der Waals surface area contributed by atoms with Crippen LogP contribution < -0.4 is 5.32 Å². The van der Waals surface area contributed by atoms with E-state index in [1.165, 1.54) is 109 Å². The maximum absolute atomic E-state index is 13.1. The molecule has 0 radical (unpaired) electrons. The Labute approximate surface area is 327 Å². The van der Waals surface area contributed by atoms with Crippen molar-refractivity contribution in [3.05, 3.63) is 48.6 Å². The van der Waals surface area contributed by atoms with Gasteiger partial charge in [0, 0.05) is 6.42 Å². The molecule has 0 fully saturated rings. The zero-order chi connectivity index (χ0) is 38.9. The van der Waals surface area contributed by atoms with E-state index < -0.39 is 18.2 Å². The van der Waals surface area contributed by atoms with Crippen LogP contribution in [0, 0.1) is 0 Å². The molecule has 6 nitrogen and oxygen atoms in total. The van der Waals surface area contributed by atoms with Crippen molar-refractivity contribution in [1.29, 1.82) is 0 Å². The normalized spacial score (nSPS) is 13.8. The largest absolute Gasteiger partial charge is 0.462 e. The molecule has 0 aromatic carbocycles. The minimum Gasteiger partial charge on any atom is -0.462 e. The number of amides is 1. The number of aliphatic hydroxyl groups is 2. The lowest BCUT2D eigenvalue weighted by atomic mass is 10.0. The molecule has 1 amide bonds. The molecule has 0 saturated carbocycles. The minimum atomic E-state index is -0.801. The van der Waals surface area contributed by atoms with Crippen molar-refractivity contribution in [2.24, 2.45) is 0 Å². The lowest BCUT2D eigenvalue weighted by Gasteiger charge is -2.24. The van der Waals surface area contributed by atoms with E-state index in [1.54, 1.807) is 0 Å². The first kappa shape index (κ1) is 50.8. The van der Waals surface area contributed by atoms with Gasteiger partial charge in [-0.05, 0) is 38.5 Å². The lowest BCUT2D eigenvalue weighted by Crippen LogP contribution is -2.46. The van der Waals surface area contributed by atoms with Crippen LogP contribution in [0.1, 0.15) is 213 Å². The van der Waals surface area contributed by atoms with Gasteiger partial charge in [-0.15, -0.1) is 0 Å². The standard InChI is InChI=1S/C47H85NO5/c1-4-7-10-13-16-19-22-25-27-30-33-36-39-45(50)44(42-49)48-46(51)41-43(38-35-32-29-26-23-20-17-14-11-8-5-2)53-47(52)40-37-34-31-28-24-21-18-15-12-9-6-3/h8,11,14,17,20,23,26,29,43-45,49-50H,4-7,9-10,12-13,15-16,18-19,21-22,24-25,27-28,30-42H2,1-3H3,(H,48,51)/b11-8+,17-14+,23-20-,29-26-. The Morgan fingerprint density at radius 3 is 1.51 bits per heavy atom. The smallest absolute Gasteiger partial charge is 0.306 e. The van der Waals surface area contributed by atoms with Gasteiger partial charge in [0.2, 0.25) is 5.91 Å². The first-order chi connectivity index (χ1) is 26.0. The Hall–Kier alpha value is -2.18. The molecule has 3 unspecified atom stereocenters. The number of hydrogen-bond donors (Lipinski definition) is 3. The van der Waals surface area contributed by atoms with E-state index in [0.29, 0.717) is 19.3 Å². The number of unbranched alkanes of at least 4 members (excludes halogenated alkanes) is 22. The monoisotopic (exact) mass is 744 g/mol. The summed E-state index contributed by atoms with van der Waals surface area (Å²) < 4.78 is 5.85. The van der Waals surface area contributed by atoms with E-state index >= 15 is 0 Å². The van der Waals surface area contributed by atoms with Crippen LogP contribution in [0.3, 0.4) is 0 Å². The molecule has 0 aromatic heterocycles. The SMILES string of the molecule is CC/C=C/C=C/C=C\C=C/CCCC(CC(=O)NC(CO)C(O)CCCCCCCCCCCCCC)OC(=O)CCCCCCCCCCCCC. The first-order valence-corrected chi connectivity index (χ1v) is 22.4. The maximum atomic E-state index is 13.1. The second-order valence-electron chi connectivity index (χ2n) is 15.2. The summed E-state index contributed by atoms with van der Waals surface area (Å²) in [4.78, 5) is 25.9. The molecule has 0 heterocycles. The van der Waals surface area contributed by atoms with E-state index in [9.17, 15) is 19.8 Å². The average molecular weight is 744 g/mol. The maximum Gasteiger partial charge on any atom is 0.306 e. The molecule has 0 rings (SSSR count). The summed E-state index contributed by atoms with van der Waals surface area (Å²) in [7, 11) is 0. The Bertz CT molecular complexity index is 926. The molecule has 308 valence electrons. The molecular formula is C47H85NO5. The van der Waals surface area contributed by atoms with E-state index in [-0.39, 0.29) is 24.9 Å². The third kappa shape index (κ3) is 36.6. The fraction of sp³-hybridized carbons (Fsp3) is 0.787. The molecule has 0 spiro atoms. The van der Waals surface area contributed by atoms with Crippen molar-refractivity contribution in [2.45, 2.75) is 232 Å². The summed E-state index contributed by atoms with van der Waals surface area (Å²) >= 11 is 0. The molecule has 0 aliphatic heterocycles. The van der Waals surface area contributed by atoms with Gasteiger partial charge in [-0.1, -0.05) is 211 Å². The summed E-state index contributed by atoms with van der Waals surface area (Å²) in [5.41, 5.74) is 0. The number of nitrogens with one attached hydrogen (secondary N) is 1. The van der Waals surface area contributed by atoms with Crippen molar-refractivity contribution < 1.29 is 24.5 Å². The van der Waals surface area contributed by atoms with Gasteiger partial charge in [0.15, 0.2) is 0 Å². The third-order valence-electron chi connectivity index (χ3n) is 10.0. The number of rotatable bonds is 39. The van der Waals surface area contributed by atoms with Crippen molar-refractivity contribution in [3.63, 3.8) is 0 Å². The number of ether oxygens (including phenoxy) is 1. The molecule has 0 aromatic rings. The fourth-order valence-corrected chi connectivity index (χ4v) is 6.62. The molecule has 0 bridgehead atoms.